The van der Waals surface area contributed by atoms with Crippen LogP contribution < -0.4 is 46.4 Å². The van der Waals surface area contributed by atoms with Gasteiger partial charge >= 0.3 is 22.8 Å². The first-order chi connectivity index (χ1) is 44.3. The SMILES string of the molecule is [3H]n1ccc(OCc2c(C#C)ncnc2-n2nnn(C)c2=O)n1.[3H]n1ccc(OCc2c(C)ncnc2-n2nnn(C)c2=O)n1.[3H]n1ccc(OCc2c(C=C)ncnc2-n2nnn(C)c2=O)n1.[3H]n1ccc(OCc2c(OCC)ncnc2-n2nnn(C)c2=O)n1. The summed E-state index contributed by atoms with van der Waals surface area (Å²) in [7, 11) is 5.93. The first kappa shape index (κ1) is 54.2. The molecule has 41 nitrogen and oxygen atoms in total. The summed E-state index contributed by atoms with van der Waals surface area (Å²) in [6, 6.07) is 6.14. The van der Waals surface area contributed by atoms with Crippen LogP contribution in [0.2, 0.25) is 5.65 Å². The highest BCUT2D eigenvalue weighted by Crippen LogP contribution is 2.23. The standard InChI is InChI=1S/C12H14N8O3.C12H12N8O2.C12H10N8O2.C11H12N8O2/c1-3-22-11-8(6-23-9-4-5-15-16-9)10(13-7-14-11)20-12(21)19(2)17-18-20;2*1-3-9-8(6-22-10-4-5-15-16-10)11(14-7-13-9)20-12(21)19(2)17-18-20;1-7-8(5-21-9-3-4-14-15-9)10(13-6-12-7)19-11(20)18(2)16-17-19/h4-5,7H,3,6H2,1-2H3,(H,15,16);3-5,7H,1,6H2,2H3,(H,15,16);1,4-5,7H,6H2,2H3,(H,15,16);3-4,6H,5H2,1-2H3,(H,14,15)/i/hT4. The van der Waals surface area contributed by atoms with Gasteiger partial charge in [-0.2, -0.15) is 18.7 Å². The van der Waals surface area contributed by atoms with E-state index in [1.807, 2.05) is 6.92 Å². The minimum Gasteiger partial charge on any atom is -0.478 e. The minimum atomic E-state index is -0.483. The van der Waals surface area contributed by atoms with Crippen molar-refractivity contribution in [1.29, 1.82) is 0 Å². The van der Waals surface area contributed by atoms with E-state index in [-0.39, 0.29) is 79.0 Å². The van der Waals surface area contributed by atoms with Crippen LogP contribution in [0.4, 0.5) is 0 Å². The van der Waals surface area contributed by atoms with E-state index in [1.54, 1.807) is 19.1 Å². The Morgan fingerprint density at radius 3 is 1.22 bits per heavy atom. The number of nitrogens with one attached hydrogen (secondary N) is 4. The van der Waals surface area contributed by atoms with Gasteiger partial charge in [-0.15, -0.1) is 45.5 Å². The Hall–Kier alpha value is -13.1. The lowest BCUT2D eigenvalue weighted by molar-refractivity contribution is 0.270. The number of tetrazole rings is 4. The zero-order chi connectivity index (χ0) is 65.6. The molecule has 12 aromatic heterocycles. The number of terminal acetylenes is 1. The van der Waals surface area contributed by atoms with E-state index in [2.05, 4.69) is 114 Å². The smallest absolute Gasteiger partial charge is 0.369 e. The van der Waals surface area contributed by atoms with E-state index in [1.165, 1.54) is 96.5 Å². The lowest BCUT2D eigenvalue weighted by atomic mass is 10.2. The van der Waals surface area contributed by atoms with Crippen LogP contribution in [0.5, 0.6) is 29.4 Å². The maximum Gasteiger partial charge on any atom is 0.369 e. The molecule has 4 N–H and O–H groups in total. The molecule has 0 amide bonds. The van der Waals surface area contributed by atoms with E-state index in [0.29, 0.717) is 46.1 Å². The van der Waals surface area contributed by atoms with Crippen molar-refractivity contribution >= 4 is 6.08 Å². The lowest BCUT2D eigenvalue weighted by Crippen LogP contribution is -2.24. The number of hydrogen-bond acceptors (Lipinski definition) is 29. The molecule has 0 aromatic carbocycles. The zero-order valence-corrected chi connectivity index (χ0v) is 46.8. The third kappa shape index (κ3) is 13.7. The summed E-state index contributed by atoms with van der Waals surface area (Å²) < 4.78 is 65.2. The predicted octanol–water partition coefficient (Wildman–Crippen LogP) is -2.44. The number of aromatic amines is 4. The molecule has 12 heterocycles. The van der Waals surface area contributed by atoms with Crippen LogP contribution in [0.15, 0.2) is 100 Å². The van der Waals surface area contributed by atoms with Crippen LogP contribution >= 0.6 is 0 Å². The highest BCUT2D eigenvalue weighted by atomic mass is 16.5. The maximum absolute atomic E-state index is 12.1. The summed E-state index contributed by atoms with van der Waals surface area (Å²) in [5, 5.41) is 48.3. The van der Waals surface area contributed by atoms with Crippen molar-refractivity contribution in [3.63, 3.8) is 0 Å². The molecule has 450 valence electrons. The summed E-state index contributed by atoms with van der Waals surface area (Å²) >= 11 is 0. The number of rotatable bonds is 19. The quantitative estimate of drug-likeness (QED) is 0.0611. The Bertz CT molecular complexity index is 4830. The van der Waals surface area contributed by atoms with Crippen molar-refractivity contribution in [1.82, 2.24) is 160 Å². The molecule has 0 bridgehead atoms. The second-order valence-electron chi connectivity index (χ2n) is 16.9. The molecule has 0 aliphatic heterocycles. The fraction of sp³-hybridized carbons (Fsp3) is 0.234. The Morgan fingerprint density at radius 1 is 0.489 bits per heavy atom. The molecule has 88 heavy (non-hydrogen) atoms. The van der Waals surface area contributed by atoms with E-state index in [0.717, 1.165) is 57.8 Å². The number of nitrogens with zero attached hydrogens (tertiary/aromatic N) is 28. The Morgan fingerprint density at radius 2 is 0.841 bits per heavy atom. The molecule has 0 spiro atoms. The molecule has 0 radical (unpaired) electrons. The van der Waals surface area contributed by atoms with Gasteiger partial charge in [-0.3, -0.25) is 20.4 Å². The van der Waals surface area contributed by atoms with E-state index >= 15 is 0 Å². The van der Waals surface area contributed by atoms with Gasteiger partial charge in [0.1, 0.15) is 57.4 Å². The van der Waals surface area contributed by atoms with Crippen molar-refractivity contribution < 1.29 is 29.3 Å². The largest absolute Gasteiger partial charge is 0.478 e. The fourth-order valence-corrected chi connectivity index (χ4v) is 7.11. The first-order valence-electron chi connectivity index (χ1n) is 26.9. The van der Waals surface area contributed by atoms with Crippen molar-refractivity contribution in [2.45, 2.75) is 40.3 Å². The van der Waals surface area contributed by atoms with Crippen molar-refractivity contribution in [2.75, 3.05) is 6.61 Å². The summed E-state index contributed by atoms with van der Waals surface area (Å²) in [4.78, 5) is 80.7. The van der Waals surface area contributed by atoms with Gasteiger partial charge in [-0.05, 0) is 67.6 Å². The number of hydrogen-bond donors (Lipinski definition) is 4. The molecule has 12 rings (SSSR count). The normalized spacial score (nSPS) is 11.2. The molecule has 0 saturated carbocycles. The van der Waals surface area contributed by atoms with Crippen LogP contribution in [0.3, 0.4) is 0 Å². The van der Waals surface area contributed by atoms with Crippen LogP contribution in [-0.2, 0) is 54.6 Å². The molecule has 0 aliphatic rings. The third-order valence-corrected chi connectivity index (χ3v) is 11.4. The summed E-state index contributed by atoms with van der Waals surface area (Å²) in [5.74, 6) is 4.63. The van der Waals surface area contributed by atoms with Crippen LogP contribution in [0, 0.1) is 19.3 Å². The summed E-state index contributed by atoms with van der Waals surface area (Å²) in [5.41, 5.74) is 1.48. The Kier molecular flexibility index (Phi) is 17.1. The molecule has 0 unspecified atom stereocenters. The van der Waals surface area contributed by atoms with Gasteiger partial charge in [0.05, 0.1) is 34.6 Å². The molecule has 12 aromatic rings. The van der Waals surface area contributed by atoms with Gasteiger partial charge in [0.25, 0.3) is 0 Å². The number of aromatic nitrogens is 32. The number of aryl methyl sites for hydroxylation is 5. The monoisotopic (exact) mass is 1210 g/mol. The minimum absolute atomic E-state index is 0.0223. The van der Waals surface area contributed by atoms with Crippen LogP contribution in [0.25, 0.3) is 29.3 Å². The van der Waals surface area contributed by atoms with Crippen molar-refractivity contribution in [3.8, 4) is 65.0 Å². The van der Waals surface area contributed by atoms with E-state index < -0.39 is 22.8 Å². The molecular formula is C47H48N32O9. The van der Waals surface area contributed by atoms with Crippen LogP contribution in [-0.4, -0.2) is 166 Å². The van der Waals surface area contributed by atoms with Gasteiger partial charge in [-0.1, -0.05) is 6.58 Å². The van der Waals surface area contributed by atoms with Crippen molar-refractivity contribution in [2.24, 2.45) is 28.2 Å². The molecule has 0 saturated heterocycles. The zero-order valence-electron chi connectivity index (χ0n) is 50.8. The second-order valence-corrected chi connectivity index (χ2v) is 16.9. The third-order valence-electron chi connectivity index (χ3n) is 11.4. The van der Waals surface area contributed by atoms with E-state index in [4.69, 9.17) is 35.8 Å². The summed E-state index contributed by atoms with van der Waals surface area (Å²) in [6.07, 6.45) is 17.8. The lowest BCUT2D eigenvalue weighted by Gasteiger charge is -2.11. The van der Waals surface area contributed by atoms with Gasteiger partial charge in [0, 0.05) is 82.9 Å². The fourth-order valence-electron chi connectivity index (χ4n) is 7.11. The van der Waals surface area contributed by atoms with Gasteiger partial charge < -0.3 is 23.7 Å². The second kappa shape index (κ2) is 27.8. The Labute approximate surface area is 496 Å². The molecule has 0 atom stereocenters. The number of H-pyrrole nitrogens is 4. The average molecular weight is 1210 g/mol. The predicted molar refractivity (Wildman–Crippen MR) is 294 cm³/mol. The van der Waals surface area contributed by atoms with Gasteiger partial charge in [0.15, 0.2) is 28.9 Å². The van der Waals surface area contributed by atoms with Crippen LogP contribution in [0.1, 0.15) is 46.3 Å². The Balaban J connectivity index is 0.000000145. The van der Waals surface area contributed by atoms with E-state index in [9.17, 15) is 19.2 Å². The van der Waals surface area contributed by atoms with Gasteiger partial charge in [-0.25, -0.2) is 59.0 Å². The number of ether oxygens (including phenoxy) is 5. The molecule has 0 aliphatic carbocycles. The molecule has 0 fully saturated rings. The average Bonchev–Trinajstić information content (AvgIpc) is 1.67. The molecular weight excluding hydrogens is 1160 g/mol. The highest BCUT2D eigenvalue weighted by molar-refractivity contribution is 5.52. The van der Waals surface area contributed by atoms with Gasteiger partial charge in [0.2, 0.25) is 29.4 Å². The summed E-state index contributed by atoms with van der Waals surface area (Å²) in [6.45, 7) is 7.69. The molecule has 41 heteroatoms. The first-order valence-corrected chi connectivity index (χ1v) is 25.1. The van der Waals surface area contributed by atoms with Crippen molar-refractivity contribution in [3.05, 3.63) is 162 Å². The highest BCUT2D eigenvalue weighted by Gasteiger charge is 2.22. The maximum atomic E-state index is 12.1. The topological polar surface area (TPSA) is 475 Å².